The van der Waals surface area contributed by atoms with Gasteiger partial charge in [0.25, 0.3) is 5.56 Å². The zero-order valence-corrected chi connectivity index (χ0v) is 16.0. The monoisotopic (exact) mass is 403 g/mol. The number of aliphatic carboxylic acids is 1. The molecular formula is C18H18ClN5O4. The number of halogens is 1. The van der Waals surface area contributed by atoms with E-state index in [2.05, 4.69) is 11.9 Å². The fourth-order valence-corrected chi connectivity index (χ4v) is 3.74. The van der Waals surface area contributed by atoms with E-state index in [1.807, 2.05) is 17.0 Å². The predicted molar refractivity (Wildman–Crippen MR) is 104 cm³/mol. The molecule has 0 saturated heterocycles. The lowest BCUT2D eigenvalue weighted by atomic mass is 10.1. The molecule has 3 heterocycles. The molecule has 0 spiro atoms. The van der Waals surface area contributed by atoms with Crippen molar-refractivity contribution < 1.29 is 9.90 Å². The molecule has 0 unspecified atom stereocenters. The third-order valence-corrected chi connectivity index (χ3v) is 5.13. The standard InChI is InChI=1S/C18H18ClN5O4/c1-10-7-22(12-5-3-11(19)4-6-12)17-20-15-14(23(17)8-10)16(27)24(9-13(25)26)18(28)21(15)2/h3-6,10H,7-9H2,1-2H3,(H,25,26)/t10-/m1/s1. The summed E-state index contributed by atoms with van der Waals surface area (Å²) in [6.07, 6.45) is 0. The van der Waals surface area contributed by atoms with Crippen molar-refractivity contribution in [1.82, 2.24) is 18.7 Å². The van der Waals surface area contributed by atoms with E-state index in [1.54, 1.807) is 16.7 Å². The van der Waals surface area contributed by atoms with Crippen LogP contribution in [0.5, 0.6) is 0 Å². The number of hydrogen-bond donors (Lipinski definition) is 1. The smallest absolute Gasteiger partial charge is 0.333 e. The van der Waals surface area contributed by atoms with Gasteiger partial charge in [-0.25, -0.2) is 9.36 Å². The van der Waals surface area contributed by atoms with Gasteiger partial charge >= 0.3 is 11.7 Å². The average molecular weight is 404 g/mol. The first-order valence-electron chi connectivity index (χ1n) is 8.73. The number of anilines is 2. The number of carbonyl (C=O) groups is 1. The van der Waals surface area contributed by atoms with E-state index >= 15 is 0 Å². The van der Waals surface area contributed by atoms with Crippen molar-refractivity contribution in [2.24, 2.45) is 13.0 Å². The Morgan fingerprint density at radius 1 is 1.25 bits per heavy atom. The number of benzene rings is 1. The van der Waals surface area contributed by atoms with Gasteiger partial charge in [0.15, 0.2) is 11.2 Å². The van der Waals surface area contributed by atoms with Gasteiger partial charge in [-0.05, 0) is 30.2 Å². The van der Waals surface area contributed by atoms with Crippen LogP contribution >= 0.6 is 11.6 Å². The Morgan fingerprint density at radius 2 is 1.93 bits per heavy atom. The van der Waals surface area contributed by atoms with Gasteiger partial charge in [0.1, 0.15) is 6.54 Å². The molecule has 4 rings (SSSR count). The maximum absolute atomic E-state index is 13.0. The van der Waals surface area contributed by atoms with Gasteiger partial charge in [-0.15, -0.1) is 0 Å². The third-order valence-electron chi connectivity index (χ3n) is 4.87. The Morgan fingerprint density at radius 3 is 2.57 bits per heavy atom. The second kappa shape index (κ2) is 6.52. The number of aryl methyl sites for hydroxylation is 1. The Balaban J connectivity index is 2.00. The highest BCUT2D eigenvalue weighted by molar-refractivity contribution is 6.30. The highest BCUT2D eigenvalue weighted by Crippen LogP contribution is 2.33. The van der Waals surface area contributed by atoms with Gasteiger partial charge in [0, 0.05) is 30.8 Å². The van der Waals surface area contributed by atoms with Crippen molar-refractivity contribution in [2.75, 3.05) is 11.4 Å². The van der Waals surface area contributed by atoms with E-state index in [4.69, 9.17) is 16.7 Å². The highest BCUT2D eigenvalue weighted by Gasteiger charge is 2.30. The lowest BCUT2D eigenvalue weighted by molar-refractivity contribution is -0.137. The van der Waals surface area contributed by atoms with Crippen LogP contribution in [-0.4, -0.2) is 36.3 Å². The van der Waals surface area contributed by atoms with Gasteiger partial charge in [-0.1, -0.05) is 18.5 Å². The van der Waals surface area contributed by atoms with Crippen LogP contribution in [0.4, 0.5) is 11.6 Å². The molecule has 1 atom stereocenters. The van der Waals surface area contributed by atoms with Crippen LogP contribution in [0.2, 0.25) is 5.02 Å². The number of hydrogen-bond acceptors (Lipinski definition) is 5. The molecule has 9 nitrogen and oxygen atoms in total. The Kier molecular flexibility index (Phi) is 4.26. The lowest BCUT2D eigenvalue weighted by Crippen LogP contribution is -2.41. The summed E-state index contributed by atoms with van der Waals surface area (Å²) < 4.78 is 3.71. The van der Waals surface area contributed by atoms with Crippen molar-refractivity contribution in [2.45, 2.75) is 20.0 Å². The maximum Gasteiger partial charge on any atom is 0.333 e. The van der Waals surface area contributed by atoms with Crippen molar-refractivity contribution in [1.29, 1.82) is 0 Å². The number of imidazole rings is 1. The maximum atomic E-state index is 13.0. The van der Waals surface area contributed by atoms with E-state index in [-0.39, 0.29) is 17.1 Å². The molecule has 1 N–H and O–H groups in total. The van der Waals surface area contributed by atoms with Gasteiger partial charge in [-0.3, -0.25) is 14.2 Å². The molecule has 0 saturated carbocycles. The third kappa shape index (κ3) is 2.78. The van der Waals surface area contributed by atoms with Crippen LogP contribution in [0.1, 0.15) is 6.92 Å². The van der Waals surface area contributed by atoms with Gasteiger partial charge < -0.3 is 14.6 Å². The molecule has 10 heteroatoms. The molecule has 1 aliphatic rings. The average Bonchev–Trinajstić information content (AvgIpc) is 3.03. The van der Waals surface area contributed by atoms with Crippen molar-refractivity contribution >= 4 is 40.4 Å². The SMILES string of the molecule is C[C@@H]1CN(c2ccc(Cl)cc2)c2nc3c(c(=O)n(CC(=O)O)c(=O)n3C)n2C1. The molecule has 0 radical (unpaired) electrons. The minimum Gasteiger partial charge on any atom is -0.480 e. The molecule has 1 aromatic carbocycles. The molecule has 3 aromatic rings. The molecule has 0 fully saturated rings. The second-order valence-corrected chi connectivity index (χ2v) is 7.45. The van der Waals surface area contributed by atoms with Crippen LogP contribution in [0.25, 0.3) is 11.2 Å². The number of nitrogens with zero attached hydrogens (tertiary/aromatic N) is 5. The van der Waals surface area contributed by atoms with Gasteiger partial charge in [0.05, 0.1) is 0 Å². The fraction of sp³-hybridized carbons (Fsp3) is 0.333. The van der Waals surface area contributed by atoms with Gasteiger partial charge in [0.2, 0.25) is 5.95 Å². The lowest BCUT2D eigenvalue weighted by Gasteiger charge is -2.33. The van der Waals surface area contributed by atoms with Crippen LogP contribution < -0.4 is 16.1 Å². The summed E-state index contributed by atoms with van der Waals surface area (Å²) in [6.45, 7) is 2.58. The molecule has 28 heavy (non-hydrogen) atoms. The van der Waals surface area contributed by atoms with E-state index in [1.165, 1.54) is 11.6 Å². The summed E-state index contributed by atoms with van der Waals surface area (Å²) in [5.41, 5.74) is -0.0298. The van der Waals surface area contributed by atoms with Crippen LogP contribution in [0, 0.1) is 5.92 Å². The zero-order chi connectivity index (χ0) is 20.2. The molecule has 0 amide bonds. The molecule has 146 valence electrons. The number of aromatic nitrogens is 4. The molecule has 0 aliphatic carbocycles. The van der Waals surface area contributed by atoms with Crippen molar-refractivity contribution in [3.05, 3.63) is 50.1 Å². The first-order valence-corrected chi connectivity index (χ1v) is 9.10. The molecule has 2 aromatic heterocycles. The van der Waals surface area contributed by atoms with E-state index < -0.39 is 23.8 Å². The largest absolute Gasteiger partial charge is 0.480 e. The summed E-state index contributed by atoms with van der Waals surface area (Å²) in [5, 5.41) is 9.69. The normalized spacial score (nSPS) is 16.4. The highest BCUT2D eigenvalue weighted by atomic mass is 35.5. The molecule has 1 aliphatic heterocycles. The number of carboxylic acid groups (broad SMARTS) is 1. The van der Waals surface area contributed by atoms with E-state index in [9.17, 15) is 14.4 Å². The summed E-state index contributed by atoms with van der Waals surface area (Å²) in [7, 11) is 1.48. The zero-order valence-electron chi connectivity index (χ0n) is 15.3. The topological polar surface area (TPSA) is 102 Å². The fourth-order valence-electron chi connectivity index (χ4n) is 3.62. The Hall–Kier alpha value is -3.07. The minimum atomic E-state index is -1.26. The first-order chi connectivity index (χ1) is 13.3. The summed E-state index contributed by atoms with van der Waals surface area (Å²) in [4.78, 5) is 43.1. The summed E-state index contributed by atoms with van der Waals surface area (Å²) >= 11 is 5.99. The Labute approximate surface area is 164 Å². The Bertz CT molecular complexity index is 1210. The van der Waals surface area contributed by atoms with Gasteiger partial charge in [-0.2, -0.15) is 4.98 Å². The van der Waals surface area contributed by atoms with Crippen LogP contribution in [0.15, 0.2) is 33.9 Å². The quantitative estimate of drug-likeness (QED) is 0.709. The second-order valence-electron chi connectivity index (χ2n) is 7.01. The van der Waals surface area contributed by atoms with Crippen LogP contribution in [0.3, 0.4) is 0 Å². The number of carboxylic acids is 1. The summed E-state index contributed by atoms with van der Waals surface area (Å²) in [6, 6.07) is 7.29. The van der Waals surface area contributed by atoms with E-state index in [0.717, 1.165) is 10.3 Å². The van der Waals surface area contributed by atoms with Crippen LogP contribution in [-0.2, 0) is 24.9 Å². The minimum absolute atomic E-state index is 0.199. The number of fused-ring (bicyclic) bond motifs is 3. The summed E-state index contributed by atoms with van der Waals surface area (Å²) in [5.74, 6) is -0.520. The van der Waals surface area contributed by atoms with Crippen molar-refractivity contribution in [3.8, 4) is 0 Å². The molecular weight excluding hydrogens is 386 g/mol. The number of rotatable bonds is 3. The first kappa shape index (κ1) is 18.3. The van der Waals surface area contributed by atoms with Crippen molar-refractivity contribution in [3.63, 3.8) is 0 Å². The van der Waals surface area contributed by atoms with E-state index in [0.29, 0.717) is 24.1 Å². The predicted octanol–water partition coefficient (Wildman–Crippen LogP) is 1.42. The molecule has 0 bridgehead atoms.